The number of rotatable bonds is 6. The highest BCUT2D eigenvalue weighted by Crippen LogP contribution is 2.27. The van der Waals surface area contributed by atoms with Crippen LogP contribution < -0.4 is 10.5 Å². The summed E-state index contributed by atoms with van der Waals surface area (Å²) in [4.78, 5) is 12.0. The second-order valence-corrected chi connectivity index (χ2v) is 7.11. The highest BCUT2D eigenvalue weighted by molar-refractivity contribution is 5.82. The van der Waals surface area contributed by atoms with Crippen LogP contribution in [0.3, 0.4) is 0 Å². The van der Waals surface area contributed by atoms with Crippen LogP contribution in [0, 0.1) is 0 Å². The van der Waals surface area contributed by atoms with E-state index in [1.54, 1.807) is 0 Å². The molecule has 0 aliphatic carbocycles. The topological polar surface area (TPSA) is 52.3 Å². The summed E-state index contributed by atoms with van der Waals surface area (Å²) in [5.74, 6) is 0.0961. The molecular formula is C21H27NO2. The van der Waals surface area contributed by atoms with Crippen LogP contribution in [-0.2, 0) is 16.6 Å². The summed E-state index contributed by atoms with van der Waals surface area (Å²) in [5.41, 5.74) is 9.06. The maximum absolute atomic E-state index is 12.0. The zero-order valence-electron chi connectivity index (χ0n) is 15.0. The van der Waals surface area contributed by atoms with E-state index in [4.69, 9.17) is 10.5 Å². The molecule has 2 N–H and O–H groups in total. The average molecular weight is 325 g/mol. The zero-order valence-corrected chi connectivity index (χ0v) is 15.0. The summed E-state index contributed by atoms with van der Waals surface area (Å²) in [6, 6.07) is 16.1. The normalized spacial score (nSPS) is 12.7. The van der Waals surface area contributed by atoms with E-state index in [0.29, 0.717) is 13.0 Å². The predicted octanol–water partition coefficient (Wildman–Crippen LogP) is 4.19. The standard InChI is InChI=1S/C21H27NO2/c1-5-24-18-8-6-7-16(14-18)19(20(22)23)13-15-9-11-17(12-10-15)21(2,3)4/h6-12,14,19H,5,13H2,1-4H3,(H2,22,23). The first-order chi connectivity index (χ1) is 11.3. The largest absolute Gasteiger partial charge is 0.494 e. The van der Waals surface area contributed by atoms with Gasteiger partial charge in [-0.1, -0.05) is 57.2 Å². The van der Waals surface area contributed by atoms with E-state index in [1.807, 2.05) is 31.2 Å². The van der Waals surface area contributed by atoms with E-state index in [-0.39, 0.29) is 17.2 Å². The lowest BCUT2D eigenvalue weighted by atomic mass is 9.85. The van der Waals surface area contributed by atoms with Crippen LogP contribution in [-0.4, -0.2) is 12.5 Å². The predicted molar refractivity (Wildman–Crippen MR) is 98.4 cm³/mol. The molecule has 0 spiro atoms. The number of nitrogens with two attached hydrogens (primary N) is 1. The molecule has 1 atom stereocenters. The number of carbonyl (C=O) groups is 1. The van der Waals surface area contributed by atoms with Gasteiger partial charge in [0, 0.05) is 0 Å². The van der Waals surface area contributed by atoms with Gasteiger partial charge in [0.1, 0.15) is 5.75 Å². The fourth-order valence-electron chi connectivity index (χ4n) is 2.75. The second kappa shape index (κ2) is 7.52. The van der Waals surface area contributed by atoms with Crippen molar-refractivity contribution in [3.05, 3.63) is 65.2 Å². The van der Waals surface area contributed by atoms with Gasteiger partial charge in [-0.15, -0.1) is 0 Å². The number of hydrogen-bond donors (Lipinski definition) is 1. The van der Waals surface area contributed by atoms with Crippen LogP contribution in [0.4, 0.5) is 0 Å². The Kier molecular flexibility index (Phi) is 5.66. The highest BCUT2D eigenvalue weighted by Gasteiger charge is 2.20. The molecule has 2 aromatic carbocycles. The monoisotopic (exact) mass is 325 g/mol. The van der Waals surface area contributed by atoms with Gasteiger partial charge in [-0.3, -0.25) is 4.79 Å². The van der Waals surface area contributed by atoms with Crippen LogP contribution in [0.2, 0.25) is 0 Å². The van der Waals surface area contributed by atoms with Gasteiger partial charge < -0.3 is 10.5 Å². The summed E-state index contributed by atoms with van der Waals surface area (Å²) in [7, 11) is 0. The molecule has 3 heteroatoms. The van der Waals surface area contributed by atoms with Crippen molar-refractivity contribution in [2.75, 3.05) is 6.61 Å². The van der Waals surface area contributed by atoms with E-state index < -0.39 is 0 Å². The van der Waals surface area contributed by atoms with Gasteiger partial charge >= 0.3 is 0 Å². The van der Waals surface area contributed by atoms with E-state index in [2.05, 4.69) is 45.0 Å². The Labute approximate surface area is 144 Å². The van der Waals surface area contributed by atoms with Crippen molar-refractivity contribution in [1.29, 1.82) is 0 Å². The van der Waals surface area contributed by atoms with Crippen LogP contribution >= 0.6 is 0 Å². The van der Waals surface area contributed by atoms with E-state index in [1.165, 1.54) is 5.56 Å². The number of benzene rings is 2. The van der Waals surface area contributed by atoms with Crippen molar-refractivity contribution < 1.29 is 9.53 Å². The quantitative estimate of drug-likeness (QED) is 0.865. The Bertz CT molecular complexity index is 684. The molecule has 1 unspecified atom stereocenters. The number of ether oxygens (including phenoxy) is 1. The third-order valence-electron chi connectivity index (χ3n) is 4.17. The van der Waals surface area contributed by atoms with Crippen LogP contribution in [0.15, 0.2) is 48.5 Å². The molecule has 0 saturated carbocycles. The Hall–Kier alpha value is -2.29. The Balaban J connectivity index is 2.23. The average Bonchev–Trinajstić information content (AvgIpc) is 2.52. The molecule has 0 fully saturated rings. The highest BCUT2D eigenvalue weighted by atomic mass is 16.5. The SMILES string of the molecule is CCOc1cccc(C(Cc2ccc(C(C)(C)C)cc2)C(N)=O)c1. The fourth-order valence-corrected chi connectivity index (χ4v) is 2.75. The molecule has 0 radical (unpaired) electrons. The Morgan fingerprint density at radius 2 is 1.79 bits per heavy atom. The molecule has 0 bridgehead atoms. The first-order valence-electron chi connectivity index (χ1n) is 8.42. The third-order valence-corrected chi connectivity index (χ3v) is 4.17. The van der Waals surface area contributed by atoms with Crippen molar-refractivity contribution in [2.24, 2.45) is 5.73 Å². The second-order valence-electron chi connectivity index (χ2n) is 7.11. The lowest BCUT2D eigenvalue weighted by Crippen LogP contribution is -2.23. The maximum atomic E-state index is 12.0. The maximum Gasteiger partial charge on any atom is 0.225 e. The molecule has 0 heterocycles. The molecule has 3 nitrogen and oxygen atoms in total. The van der Waals surface area contributed by atoms with Gasteiger partial charge in [0.2, 0.25) is 5.91 Å². The Morgan fingerprint density at radius 3 is 2.33 bits per heavy atom. The smallest absolute Gasteiger partial charge is 0.225 e. The van der Waals surface area contributed by atoms with E-state index in [0.717, 1.165) is 16.9 Å². The number of amides is 1. The molecule has 2 rings (SSSR count). The van der Waals surface area contributed by atoms with Gasteiger partial charge in [-0.05, 0) is 47.6 Å². The summed E-state index contributed by atoms with van der Waals surface area (Å²) in [6.45, 7) is 9.10. The lowest BCUT2D eigenvalue weighted by molar-refractivity contribution is -0.119. The fraction of sp³-hybridized carbons (Fsp3) is 0.381. The minimum atomic E-state index is -0.356. The summed E-state index contributed by atoms with van der Waals surface area (Å²) in [6.07, 6.45) is 0.593. The molecular weight excluding hydrogens is 298 g/mol. The third kappa shape index (κ3) is 4.60. The first kappa shape index (κ1) is 18.1. The number of primary amides is 1. The minimum absolute atomic E-state index is 0.118. The molecule has 0 aliphatic heterocycles. The van der Waals surface area contributed by atoms with Gasteiger partial charge in [0.05, 0.1) is 12.5 Å². The molecule has 0 saturated heterocycles. The summed E-state index contributed by atoms with van der Waals surface area (Å²) in [5, 5.41) is 0. The molecule has 0 aromatic heterocycles. The van der Waals surface area contributed by atoms with Gasteiger partial charge in [-0.25, -0.2) is 0 Å². The van der Waals surface area contributed by atoms with Crippen LogP contribution in [0.5, 0.6) is 5.75 Å². The van der Waals surface area contributed by atoms with Crippen LogP contribution in [0.1, 0.15) is 50.3 Å². The number of hydrogen-bond acceptors (Lipinski definition) is 2. The minimum Gasteiger partial charge on any atom is -0.494 e. The molecule has 0 aliphatic rings. The van der Waals surface area contributed by atoms with E-state index in [9.17, 15) is 4.79 Å². The first-order valence-corrected chi connectivity index (χ1v) is 8.42. The zero-order chi connectivity index (χ0) is 17.7. The molecule has 1 amide bonds. The van der Waals surface area contributed by atoms with Crippen molar-refractivity contribution in [3.63, 3.8) is 0 Å². The van der Waals surface area contributed by atoms with Gasteiger partial charge in [0.15, 0.2) is 0 Å². The molecule has 2 aromatic rings. The van der Waals surface area contributed by atoms with Crippen molar-refractivity contribution in [2.45, 2.75) is 45.4 Å². The number of carbonyl (C=O) groups excluding carboxylic acids is 1. The Morgan fingerprint density at radius 1 is 1.12 bits per heavy atom. The summed E-state index contributed by atoms with van der Waals surface area (Å²) < 4.78 is 5.53. The van der Waals surface area contributed by atoms with E-state index >= 15 is 0 Å². The molecule has 128 valence electrons. The molecule has 24 heavy (non-hydrogen) atoms. The van der Waals surface area contributed by atoms with Crippen molar-refractivity contribution in [1.82, 2.24) is 0 Å². The summed E-state index contributed by atoms with van der Waals surface area (Å²) >= 11 is 0. The van der Waals surface area contributed by atoms with Crippen molar-refractivity contribution in [3.8, 4) is 5.75 Å². The lowest BCUT2D eigenvalue weighted by Gasteiger charge is -2.20. The van der Waals surface area contributed by atoms with Gasteiger partial charge in [-0.2, -0.15) is 0 Å². The van der Waals surface area contributed by atoms with Crippen LogP contribution in [0.25, 0.3) is 0 Å². The van der Waals surface area contributed by atoms with Crippen molar-refractivity contribution >= 4 is 5.91 Å². The van der Waals surface area contributed by atoms with Gasteiger partial charge in [0.25, 0.3) is 0 Å².